The van der Waals surface area contributed by atoms with E-state index in [2.05, 4.69) is 12.2 Å². The zero-order valence-electron chi connectivity index (χ0n) is 11.9. The molecule has 0 bridgehead atoms. The Bertz CT molecular complexity index is 506. The second-order valence-electron chi connectivity index (χ2n) is 5.60. The zero-order chi connectivity index (χ0) is 14.0. The van der Waals surface area contributed by atoms with Crippen LogP contribution in [0.5, 0.6) is 11.5 Å². The molecule has 2 aliphatic heterocycles. The zero-order valence-corrected chi connectivity index (χ0v) is 11.9. The molecule has 1 saturated heterocycles. The minimum atomic E-state index is -0.250. The average Bonchev–Trinajstić information content (AvgIpc) is 2.85. The molecule has 1 aromatic rings. The van der Waals surface area contributed by atoms with Gasteiger partial charge >= 0.3 is 0 Å². The Labute approximate surface area is 119 Å². The highest BCUT2D eigenvalue weighted by Gasteiger charge is 2.40. The van der Waals surface area contributed by atoms with Gasteiger partial charge < -0.3 is 14.8 Å². The first-order valence-corrected chi connectivity index (χ1v) is 7.40. The van der Waals surface area contributed by atoms with Crippen molar-refractivity contribution in [2.24, 2.45) is 5.41 Å². The summed E-state index contributed by atoms with van der Waals surface area (Å²) in [5.74, 6) is 1.67. The van der Waals surface area contributed by atoms with Gasteiger partial charge in [-0.25, -0.2) is 0 Å². The van der Waals surface area contributed by atoms with Crippen LogP contribution >= 0.6 is 0 Å². The second kappa shape index (κ2) is 5.44. The number of fused-ring (bicyclic) bond motifs is 1. The van der Waals surface area contributed by atoms with Crippen molar-refractivity contribution >= 4 is 5.78 Å². The van der Waals surface area contributed by atoms with Gasteiger partial charge in [0.15, 0.2) is 17.3 Å². The first kappa shape index (κ1) is 13.4. The van der Waals surface area contributed by atoms with E-state index < -0.39 is 0 Å². The summed E-state index contributed by atoms with van der Waals surface area (Å²) in [6.45, 7) is 5.10. The molecule has 0 saturated carbocycles. The van der Waals surface area contributed by atoms with Gasteiger partial charge in [-0.1, -0.05) is 6.92 Å². The molecule has 0 spiro atoms. The van der Waals surface area contributed by atoms with Crippen molar-refractivity contribution in [3.63, 3.8) is 0 Å². The highest BCUT2D eigenvalue weighted by atomic mass is 16.5. The highest BCUT2D eigenvalue weighted by Crippen LogP contribution is 2.36. The number of carbonyl (C=O) groups is 1. The number of hydrogen-bond acceptors (Lipinski definition) is 4. The van der Waals surface area contributed by atoms with Crippen molar-refractivity contribution in [3.8, 4) is 11.5 Å². The fourth-order valence-corrected chi connectivity index (χ4v) is 3.01. The molecule has 0 aromatic heterocycles. The first-order valence-electron chi connectivity index (χ1n) is 7.40. The summed E-state index contributed by atoms with van der Waals surface area (Å²) in [5.41, 5.74) is 0.486. The number of ketones is 1. The molecule has 4 heteroatoms. The molecule has 2 heterocycles. The molecule has 1 aromatic carbocycles. The number of hydrogen-bond donors (Lipinski definition) is 1. The Kier molecular flexibility index (Phi) is 3.66. The molecule has 1 atom stereocenters. The predicted octanol–water partition coefficient (Wildman–Crippen LogP) is 2.42. The van der Waals surface area contributed by atoms with Gasteiger partial charge in [0, 0.05) is 23.9 Å². The van der Waals surface area contributed by atoms with E-state index in [4.69, 9.17) is 9.47 Å². The van der Waals surface area contributed by atoms with E-state index in [1.165, 1.54) is 0 Å². The van der Waals surface area contributed by atoms with Crippen LogP contribution < -0.4 is 14.8 Å². The average molecular weight is 275 g/mol. The standard InChI is InChI=1S/C16H21NO3/c1-2-16(6-7-17-11-16)15(18)12-4-5-13-14(10-12)20-9-3-8-19-13/h4-5,10,17H,2-3,6-9,11H2,1H3. The predicted molar refractivity (Wildman–Crippen MR) is 76.6 cm³/mol. The lowest BCUT2D eigenvalue weighted by atomic mass is 9.77. The molecule has 4 nitrogen and oxygen atoms in total. The van der Waals surface area contributed by atoms with Crippen LogP contribution in [0.2, 0.25) is 0 Å². The SMILES string of the molecule is CCC1(C(=O)c2ccc3c(c2)OCCCO3)CCNC1. The Morgan fingerprint density at radius 1 is 1.30 bits per heavy atom. The summed E-state index contributed by atoms with van der Waals surface area (Å²) < 4.78 is 11.3. The van der Waals surface area contributed by atoms with Crippen LogP contribution in [0.1, 0.15) is 36.5 Å². The normalized spacial score (nSPS) is 25.2. The van der Waals surface area contributed by atoms with E-state index in [0.29, 0.717) is 19.0 Å². The first-order chi connectivity index (χ1) is 9.75. The monoisotopic (exact) mass is 275 g/mol. The molecular formula is C16H21NO3. The van der Waals surface area contributed by atoms with Crippen molar-refractivity contribution in [2.75, 3.05) is 26.3 Å². The van der Waals surface area contributed by atoms with Gasteiger partial charge in [-0.3, -0.25) is 4.79 Å². The van der Waals surface area contributed by atoms with E-state index >= 15 is 0 Å². The minimum absolute atomic E-state index is 0.223. The van der Waals surface area contributed by atoms with Crippen LogP contribution in [0.15, 0.2) is 18.2 Å². The van der Waals surface area contributed by atoms with Crippen LogP contribution in [-0.2, 0) is 0 Å². The lowest BCUT2D eigenvalue weighted by Gasteiger charge is -2.25. The van der Waals surface area contributed by atoms with E-state index in [1.54, 1.807) is 0 Å². The number of carbonyl (C=O) groups excluding carboxylic acids is 1. The summed E-state index contributed by atoms with van der Waals surface area (Å²) in [6, 6.07) is 5.57. The van der Waals surface area contributed by atoms with Crippen LogP contribution in [-0.4, -0.2) is 32.1 Å². The highest BCUT2D eigenvalue weighted by molar-refractivity contribution is 6.01. The topological polar surface area (TPSA) is 47.6 Å². The summed E-state index contributed by atoms with van der Waals surface area (Å²) in [7, 11) is 0. The molecule has 0 amide bonds. The van der Waals surface area contributed by atoms with E-state index in [0.717, 1.165) is 43.7 Å². The van der Waals surface area contributed by atoms with Gasteiger partial charge in [-0.2, -0.15) is 0 Å². The largest absolute Gasteiger partial charge is 0.490 e. The maximum absolute atomic E-state index is 12.8. The molecule has 1 N–H and O–H groups in total. The van der Waals surface area contributed by atoms with Gasteiger partial charge in [0.1, 0.15) is 0 Å². The van der Waals surface area contributed by atoms with Crippen molar-refractivity contribution in [1.82, 2.24) is 5.32 Å². The number of benzene rings is 1. The smallest absolute Gasteiger partial charge is 0.170 e. The van der Waals surface area contributed by atoms with Crippen molar-refractivity contribution in [2.45, 2.75) is 26.2 Å². The molecule has 1 unspecified atom stereocenters. The van der Waals surface area contributed by atoms with Crippen molar-refractivity contribution in [1.29, 1.82) is 0 Å². The molecule has 2 aliphatic rings. The van der Waals surface area contributed by atoms with E-state index in [1.807, 2.05) is 18.2 Å². The summed E-state index contributed by atoms with van der Waals surface area (Å²) in [4.78, 5) is 12.8. The molecule has 108 valence electrons. The van der Waals surface area contributed by atoms with Crippen LogP contribution in [0.25, 0.3) is 0 Å². The Morgan fingerprint density at radius 2 is 2.10 bits per heavy atom. The molecular weight excluding hydrogens is 254 g/mol. The minimum Gasteiger partial charge on any atom is -0.490 e. The third-order valence-electron chi connectivity index (χ3n) is 4.41. The molecule has 20 heavy (non-hydrogen) atoms. The summed E-state index contributed by atoms with van der Waals surface area (Å²) in [6.07, 6.45) is 2.66. The molecule has 0 radical (unpaired) electrons. The number of nitrogens with one attached hydrogen (secondary N) is 1. The fraction of sp³-hybridized carbons (Fsp3) is 0.562. The van der Waals surface area contributed by atoms with Gasteiger partial charge in [-0.05, 0) is 37.6 Å². The molecule has 0 aliphatic carbocycles. The third kappa shape index (κ3) is 2.29. The maximum Gasteiger partial charge on any atom is 0.170 e. The van der Waals surface area contributed by atoms with Crippen molar-refractivity contribution < 1.29 is 14.3 Å². The van der Waals surface area contributed by atoms with Gasteiger partial charge in [0.25, 0.3) is 0 Å². The number of Topliss-reactive ketones (excluding diaryl/α,β-unsaturated/α-hetero) is 1. The Morgan fingerprint density at radius 3 is 2.80 bits per heavy atom. The second-order valence-corrected chi connectivity index (χ2v) is 5.60. The maximum atomic E-state index is 12.8. The Balaban J connectivity index is 1.90. The van der Waals surface area contributed by atoms with E-state index in [-0.39, 0.29) is 11.2 Å². The lowest BCUT2D eigenvalue weighted by Crippen LogP contribution is -2.32. The lowest BCUT2D eigenvalue weighted by molar-refractivity contribution is 0.0810. The van der Waals surface area contributed by atoms with Crippen molar-refractivity contribution in [3.05, 3.63) is 23.8 Å². The van der Waals surface area contributed by atoms with Gasteiger partial charge in [0.2, 0.25) is 0 Å². The summed E-state index contributed by atoms with van der Waals surface area (Å²) >= 11 is 0. The van der Waals surface area contributed by atoms with Crippen LogP contribution in [0, 0.1) is 5.41 Å². The molecule has 3 rings (SSSR count). The van der Waals surface area contributed by atoms with Crippen LogP contribution in [0.4, 0.5) is 0 Å². The number of rotatable bonds is 3. The van der Waals surface area contributed by atoms with E-state index in [9.17, 15) is 4.79 Å². The third-order valence-corrected chi connectivity index (χ3v) is 4.41. The summed E-state index contributed by atoms with van der Waals surface area (Å²) in [5, 5.41) is 3.31. The van der Waals surface area contributed by atoms with Gasteiger partial charge in [0.05, 0.1) is 13.2 Å². The van der Waals surface area contributed by atoms with Gasteiger partial charge in [-0.15, -0.1) is 0 Å². The quantitative estimate of drug-likeness (QED) is 0.861. The molecule has 1 fully saturated rings. The number of ether oxygens (including phenoxy) is 2. The fourth-order valence-electron chi connectivity index (χ4n) is 3.01. The van der Waals surface area contributed by atoms with Crippen LogP contribution in [0.3, 0.4) is 0 Å². The Hall–Kier alpha value is -1.55.